The van der Waals surface area contributed by atoms with Crippen molar-refractivity contribution in [1.82, 2.24) is 9.29 Å². The minimum absolute atomic E-state index is 0. The number of aromatic nitrogens is 1. The van der Waals surface area contributed by atoms with Gasteiger partial charge in [0.2, 0.25) is 15.9 Å². The van der Waals surface area contributed by atoms with E-state index in [1.807, 2.05) is 6.92 Å². The molecule has 1 aromatic heterocycles. The lowest BCUT2D eigenvalue weighted by atomic mass is 9.96. The van der Waals surface area contributed by atoms with Crippen LogP contribution in [0.5, 0.6) is 5.88 Å². The van der Waals surface area contributed by atoms with Gasteiger partial charge in [-0.3, -0.25) is 0 Å². The Bertz CT molecular complexity index is 535. The zero-order valence-electron chi connectivity index (χ0n) is 11.5. The largest absolute Gasteiger partial charge is 0.481 e. The number of piperidine rings is 1. The second-order valence-corrected chi connectivity index (χ2v) is 6.77. The van der Waals surface area contributed by atoms with Crippen LogP contribution in [0.2, 0.25) is 0 Å². The summed E-state index contributed by atoms with van der Waals surface area (Å²) in [5.41, 5.74) is 5.91. The fraction of sp³-hybridized carbons (Fsp3) is 0.583. The van der Waals surface area contributed by atoms with Crippen LogP contribution in [-0.2, 0) is 10.0 Å². The van der Waals surface area contributed by atoms with Crippen LogP contribution in [0.4, 0.5) is 0 Å². The molecule has 2 N–H and O–H groups in total. The number of hydrogen-bond donors (Lipinski definition) is 1. The molecule has 2 heterocycles. The second-order valence-electron chi connectivity index (χ2n) is 4.83. The summed E-state index contributed by atoms with van der Waals surface area (Å²) >= 11 is 0. The van der Waals surface area contributed by atoms with E-state index >= 15 is 0 Å². The van der Waals surface area contributed by atoms with E-state index < -0.39 is 10.0 Å². The first-order valence-electron chi connectivity index (χ1n) is 6.21. The molecule has 0 bridgehead atoms. The SMILES string of the molecule is COc1ccc(S(=O)(=O)N2CCC(N)C(C)C2)cn1.Cl. The molecule has 1 aliphatic heterocycles. The Hall–Kier alpha value is -0.890. The molecular formula is C12H20ClN3O3S. The molecule has 0 saturated carbocycles. The van der Waals surface area contributed by atoms with Gasteiger partial charge in [0, 0.05) is 25.2 Å². The average Bonchev–Trinajstić information content (AvgIpc) is 2.41. The summed E-state index contributed by atoms with van der Waals surface area (Å²) < 4.78 is 31.3. The number of hydrogen-bond acceptors (Lipinski definition) is 5. The molecule has 0 amide bonds. The zero-order valence-corrected chi connectivity index (χ0v) is 13.2. The van der Waals surface area contributed by atoms with Crippen LogP contribution in [-0.4, -0.2) is 43.9 Å². The van der Waals surface area contributed by atoms with E-state index in [2.05, 4.69) is 4.98 Å². The number of methoxy groups -OCH3 is 1. The van der Waals surface area contributed by atoms with Crippen LogP contribution in [0, 0.1) is 5.92 Å². The minimum atomic E-state index is -3.48. The Kier molecular flexibility index (Phi) is 5.76. The summed E-state index contributed by atoms with van der Waals surface area (Å²) in [6.45, 7) is 2.88. The summed E-state index contributed by atoms with van der Waals surface area (Å²) in [6.07, 6.45) is 2.01. The molecule has 2 rings (SSSR count). The molecule has 0 aromatic carbocycles. The van der Waals surface area contributed by atoms with Gasteiger partial charge in [-0.05, 0) is 18.4 Å². The molecule has 1 fully saturated rings. The molecule has 2 atom stereocenters. The number of pyridine rings is 1. The highest BCUT2D eigenvalue weighted by Gasteiger charge is 2.32. The number of nitrogens with zero attached hydrogens (tertiary/aromatic N) is 2. The van der Waals surface area contributed by atoms with Gasteiger partial charge in [-0.15, -0.1) is 12.4 Å². The van der Waals surface area contributed by atoms with Gasteiger partial charge in [0.25, 0.3) is 0 Å². The monoisotopic (exact) mass is 321 g/mol. The average molecular weight is 322 g/mol. The highest BCUT2D eigenvalue weighted by Crippen LogP contribution is 2.23. The zero-order chi connectivity index (χ0) is 14.0. The predicted molar refractivity (Wildman–Crippen MR) is 78.6 cm³/mol. The minimum Gasteiger partial charge on any atom is -0.481 e. The van der Waals surface area contributed by atoms with Crippen molar-refractivity contribution >= 4 is 22.4 Å². The van der Waals surface area contributed by atoms with E-state index in [4.69, 9.17) is 10.5 Å². The summed E-state index contributed by atoms with van der Waals surface area (Å²) in [7, 11) is -1.99. The lowest BCUT2D eigenvalue weighted by Crippen LogP contribution is -2.48. The van der Waals surface area contributed by atoms with Crippen molar-refractivity contribution in [3.63, 3.8) is 0 Å². The van der Waals surface area contributed by atoms with E-state index in [1.165, 1.54) is 23.7 Å². The van der Waals surface area contributed by atoms with Gasteiger partial charge in [-0.25, -0.2) is 13.4 Å². The molecule has 0 radical (unpaired) electrons. The molecule has 8 heteroatoms. The third kappa shape index (κ3) is 3.41. The van der Waals surface area contributed by atoms with E-state index in [-0.39, 0.29) is 29.3 Å². The van der Waals surface area contributed by atoms with Crippen molar-refractivity contribution in [2.45, 2.75) is 24.3 Å². The van der Waals surface area contributed by atoms with Crippen molar-refractivity contribution in [2.24, 2.45) is 11.7 Å². The normalized spacial score (nSPS) is 23.9. The van der Waals surface area contributed by atoms with Gasteiger partial charge < -0.3 is 10.5 Å². The fourth-order valence-corrected chi connectivity index (χ4v) is 3.63. The molecule has 1 aliphatic rings. The Morgan fingerprint density at radius 1 is 1.45 bits per heavy atom. The molecule has 114 valence electrons. The number of rotatable bonds is 3. The first-order valence-corrected chi connectivity index (χ1v) is 7.65. The van der Waals surface area contributed by atoms with Gasteiger partial charge >= 0.3 is 0 Å². The lowest BCUT2D eigenvalue weighted by Gasteiger charge is -2.34. The Balaban J connectivity index is 0.00000200. The van der Waals surface area contributed by atoms with Crippen LogP contribution >= 0.6 is 12.4 Å². The first kappa shape index (κ1) is 17.2. The number of nitrogens with two attached hydrogens (primary N) is 1. The fourth-order valence-electron chi connectivity index (χ4n) is 2.13. The van der Waals surface area contributed by atoms with Crippen molar-refractivity contribution in [3.05, 3.63) is 18.3 Å². The van der Waals surface area contributed by atoms with Crippen molar-refractivity contribution in [3.8, 4) is 5.88 Å². The summed E-state index contributed by atoms with van der Waals surface area (Å²) in [4.78, 5) is 4.13. The Labute approximate surface area is 125 Å². The second kappa shape index (κ2) is 6.71. The number of halogens is 1. The Morgan fingerprint density at radius 3 is 2.65 bits per heavy atom. The molecule has 1 aromatic rings. The Morgan fingerprint density at radius 2 is 2.15 bits per heavy atom. The molecule has 0 aliphatic carbocycles. The summed E-state index contributed by atoms with van der Waals surface area (Å²) in [6, 6.07) is 3.13. The van der Waals surface area contributed by atoms with Crippen LogP contribution in [0.1, 0.15) is 13.3 Å². The van der Waals surface area contributed by atoms with Crippen molar-refractivity contribution < 1.29 is 13.2 Å². The quantitative estimate of drug-likeness (QED) is 0.892. The van der Waals surface area contributed by atoms with Gasteiger partial charge in [0.1, 0.15) is 4.90 Å². The lowest BCUT2D eigenvalue weighted by molar-refractivity contribution is 0.250. The molecule has 2 unspecified atom stereocenters. The first-order chi connectivity index (χ1) is 8.95. The van der Waals surface area contributed by atoms with E-state index in [1.54, 1.807) is 6.07 Å². The van der Waals surface area contributed by atoms with Crippen LogP contribution in [0.25, 0.3) is 0 Å². The molecule has 0 spiro atoms. The molecule has 6 nitrogen and oxygen atoms in total. The smallest absolute Gasteiger partial charge is 0.244 e. The third-order valence-electron chi connectivity index (χ3n) is 3.49. The van der Waals surface area contributed by atoms with E-state index in [0.717, 1.165) is 0 Å². The highest BCUT2D eigenvalue weighted by atomic mass is 35.5. The molecule has 1 saturated heterocycles. The van der Waals surface area contributed by atoms with Crippen molar-refractivity contribution in [1.29, 1.82) is 0 Å². The van der Waals surface area contributed by atoms with Crippen LogP contribution in [0.15, 0.2) is 23.2 Å². The van der Waals surface area contributed by atoms with Crippen molar-refractivity contribution in [2.75, 3.05) is 20.2 Å². The standard InChI is InChI=1S/C12H19N3O3S.ClH/c1-9-8-15(6-5-11(9)13)19(16,17)10-3-4-12(18-2)14-7-10;/h3-4,7,9,11H,5-6,8,13H2,1-2H3;1H. The van der Waals surface area contributed by atoms with Crippen LogP contribution < -0.4 is 10.5 Å². The molecular weight excluding hydrogens is 302 g/mol. The van der Waals surface area contributed by atoms with Gasteiger partial charge in [-0.2, -0.15) is 4.31 Å². The predicted octanol–water partition coefficient (Wildman–Crippen LogP) is 0.870. The maximum atomic E-state index is 12.4. The third-order valence-corrected chi connectivity index (χ3v) is 5.34. The number of ether oxygens (including phenoxy) is 1. The summed E-state index contributed by atoms with van der Waals surface area (Å²) in [5, 5.41) is 0. The van der Waals surface area contributed by atoms with E-state index in [0.29, 0.717) is 25.4 Å². The molecule has 20 heavy (non-hydrogen) atoms. The summed E-state index contributed by atoms with van der Waals surface area (Å²) in [5.74, 6) is 0.558. The highest BCUT2D eigenvalue weighted by molar-refractivity contribution is 7.89. The van der Waals surface area contributed by atoms with Gasteiger partial charge in [0.15, 0.2) is 0 Å². The van der Waals surface area contributed by atoms with Crippen LogP contribution in [0.3, 0.4) is 0 Å². The maximum absolute atomic E-state index is 12.4. The maximum Gasteiger partial charge on any atom is 0.244 e. The topological polar surface area (TPSA) is 85.5 Å². The van der Waals surface area contributed by atoms with E-state index in [9.17, 15) is 8.42 Å². The number of sulfonamides is 1. The van der Waals surface area contributed by atoms with Gasteiger partial charge in [0.05, 0.1) is 13.3 Å². The van der Waals surface area contributed by atoms with Gasteiger partial charge in [-0.1, -0.05) is 6.92 Å².